The summed E-state index contributed by atoms with van der Waals surface area (Å²) in [5.74, 6) is 0. The molecular formula is C13H13N5S. The number of pyridine rings is 2. The molecule has 0 unspecified atom stereocenters. The summed E-state index contributed by atoms with van der Waals surface area (Å²) in [6, 6.07) is 9.72. The number of hydrogen-bond acceptors (Lipinski definition) is 5. The Kier molecular flexibility index (Phi) is 3.18. The molecule has 3 aromatic heterocycles. The van der Waals surface area contributed by atoms with E-state index in [4.69, 9.17) is 5.73 Å². The molecule has 0 aromatic carbocycles. The van der Waals surface area contributed by atoms with Gasteiger partial charge >= 0.3 is 0 Å². The zero-order valence-electron chi connectivity index (χ0n) is 10.4. The van der Waals surface area contributed by atoms with Crippen molar-refractivity contribution in [2.45, 2.75) is 23.1 Å². The molecule has 0 saturated heterocycles. The van der Waals surface area contributed by atoms with Gasteiger partial charge in [0.2, 0.25) is 5.16 Å². The van der Waals surface area contributed by atoms with Crippen LogP contribution in [0.3, 0.4) is 0 Å². The molecule has 96 valence electrons. The summed E-state index contributed by atoms with van der Waals surface area (Å²) in [7, 11) is 0. The van der Waals surface area contributed by atoms with Crippen molar-refractivity contribution >= 4 is 17.4 Å². The Morgan fingerprint density at radius 2 is 2.16 bits per heavy atom. The highest BCUT2D eigenvalue weighted by atomic mass is 32.2. The minimum atomic E-state index is -0.00232. The summed E-state index contributed by atoms with van der Waals surface area (Å²) >= 11 is 1.48. The van der Waals surface area contributed by atoms with Crippen LogP contribution in [-0.4, -0.2) is 19.6 Å². The molecular weight excluding hydrogens is 258 g/mol. The van der Waals surface area contributed by atoms with E-state index in [9.17, 15) is 0 Å². The lowest BCUT2D eigenvalue weighted by Crippen LogP contribution is -2.05. The predicted molar refractivity (Wildman–Crippen MR) is 73.9 cm³/mol. The lowest BCUT2D eigenvalue weighted by Gasteiger charge is -2.06. The van der Waals surface area contributed by atoms with Crippen molar-refractivity contribution < 1.29 is 0 Å². The third-order valence-corrected chi connectivity index (χ3v) is 3.66. The molecule has 0 amide bonds. The third kappa shape index (κ3) is 2.45. The van der Waals surface area contributed by atoms with E-state index in [0.717, 1.165) is 21.4 Å². The zero-order chi connectivity index (χ0) is 13.2. The minimum Gasteiger partial charge on any atom is -0.324 e. The summed E-state index contributed by atoms with van der Waals surface area (Å²) in [5.41, 5.74) is 7.76. The molecule has 0 fully saturated rings. The molecule has 0 aliphatic carbocycles. The third-order valence-electron chi connectivity index (χ3n) is 2.76. The van der Waals surface area contributed by atoms with Crippen LogP contribution in [0.15, 0.2) is 52.9 Å². The van der Waals surface area contributed by atoms with E-state index in [-0.39, 0.29) is 6.04 Å². The van der Waals surface area contributed by atoms with Crippen molar-refractivity contribution in [1.29, 1.82) is 0 Å². The molecule has 19 heavy (non-hydrogen) atoms. The van der Waals surface area contributed by atoms with E-state index in [0.29, 0.717) is 0 Å². The van der Waals surface area contributed by atoms with Crippen LogP contribution < -0.4 is 5.73 Å². The van der Waals surface area contributed by atoms with Gasteiger partial charge in [-0.1, -0.05) is 6.07 Å². The van der Waals surface area contributed by atoms with Crippen LogP contribution in [0, 0.1) is 0 Å². The van der Waals surface area contributed by atoms with Crippen molar-refractivity contribution in [3.8, 4) is 0 Å². The standard InChI is InChI=1S/C13H13N5S/c1-9(14)10-5-6-15-12(8-10)19-13-17-16-11-4-2-3-7-18(11)13/h2-9H,14H2,1H3/t9-/m1/s1. The Bertz CT molecular complexity index is 707. The first-order chi connectivity index (χ1) is 9.24. The van der Waals surface area contributed by atoms with Crippen LogP contribution in [-0.2, 0) is 0 Å². The smallest absolute Gasteiger partial charge is 0.201 e. The fraction of sp³-hybridized carbons (Fsp3) is 0.154. The topological polar surface area (TPSA) is 69.1 Å². The molecule has 0 spiro atoms. The number of nitrogens with two attached hydrogens (primary N) is 1. The maximum atomic E-state index is 5.88. The van der Waals surface area contributed by atoms with Crippen molar-refractivity contribution in [3.63, 3.8) is 0 Å². The highest BCUT2D eigenvalue weighted by Gasteiger charge is 2.08. The van der Waals surface area contributed by atoms with E-state index < -0.39 is 0 Å². The van der Waals surface area contributed by atoms with E-state index >= 15 is 0 Å². The molecule has 1 atom stereocenters. The molecule has 2 N–H and O–H groups in total. The molecule has 3 rings (SSSR count). The minimum absolute atomic E-state index is 0.00232. The van der Waals surface area contributed by atoms with E-state index in [1.165, 1.54) is 11.8 Å². The molecule has 3 heterocycles. The fourth-order valence-electron chi connectivity index (χ4n) is 1.75. The molecule has 0 bridgehead atoms. The quantitative estimate of drug-likeness (QED) is 0.791. The monoisotopic (exact) mass is 271 g/mol. The highest BCUT2D eigenvalue weighted by molar-refractivity contribution is 7.99. The molecule has 3 aromatic rings. The van der Waals surface area contributed by atoms with Gasteiger partial charge < -0.3 is 5.73 Å². The van der Waals surface area contributed by atoms with Gasteiger partial charge in [-0.15, -0.1) is 10.2 Å². The van der Waals surface area contributed by atoms with Gasteiger partial charge in [-0.3, -0.25) is 4.40 Å². The summed E-state index contributed by atoms with van der Waals surface area (Å²) in [4.78, 5) is 4.33. The van der Waals surface area contributed by atoms with Gasteiger partial charge in [-0.25, -0.2) is 4.98 Å². The van der Waals surface area contributed by atoms with Gasteiger partial charge in [0.15, 0.2) is 5.65 Å². The molecule has 0 aliphatic heterocycles. The van der Waals surface area contributed by atoms with Crippen LogP contribution in [0.25, 0.3) is 5.65 Å². The number of hydrogen-bond donors (Lipinski definition) is 1. The summed E-state index contributed by atoms with van der Waals surface area (Å²) in [6.45, 7) is 1.95. The van der Waals surface area contributed by atoms with Crippen LogP contribution in [0.2, 0.25) is 0 Å². The first-order valence-corrected chi connectivity index (χ1v) is 6.75. The normalized spacial score (nSPS) is 12.7. The van der Waals surface area contributed by atoms with Gasteiger partial charge in [0.1, 0.15) is 5.03 Å². The fourth-order valence-corrected chi connectivity index (χ4v) is 2.58. The Hall–Kier alpha value is -1.92. The van der Waals surface area contributed by atoms with Crippen molar-refractivity contribution in [1.82, 2.24) is 19.6 Å². The lowest BCUT2D eigenvalue weighted by atomic mass is 10.1. The molecule has 0 aliphatic rings. The lowest BCUT2D eigenvalue weighted by molar-refractivity contribution is 0.807. The van der Waals surface area contributed by atoms with Crippen LogP contribution in [0.5, 0.6) is 0 Å². The van der Waals surface area contributed by atoms with E-state index in [2.05, 4.69) is 15.2 Å². The Morgan fingerprint density at radius 3 is 3.00 bits per heavy atom. The predicted octanol–water partition coefficient (Wildman–Crippen LogP) is 2.30. The number of nitrogens with zero attached hydrogens (tertiary/aromatic N) is 4. The number of rotatable bonds is 3. The molecule has 5 nitrogen and oxygen atoms in total. The molecule has 0 radical (unpaired) electrons. The summed E-state index contributed by atoms with van der Waals surface area (Å²) in [6.07, 6.45) is 3.71. The maximum Gasteiger partial charge on any atom is 0.201 e. The second-order valence-electron chi connectivity index (χ2n) is 4.23. The van der Waals surface area contributed by atoms with Crippen molar-refractivity contribution in [2.24, 2.45) is 5.73 Å². The van der Waals surface area contributed by atoms with Gasteiger partial charge in [-0.2, -0.15) is 0 Å². The van der Waals surface area contributed by atoms with Gasteiger partial charge in [0, 0.05) is 18.4 Å². The number of aromatic nitrogens is 4. The largest absolute Gasteiger partial charge is 0.324 e. The second kappa shape index (κ2) is 4.99. The summed E-state index contributed by atoms with van der Waals surface area (Å²) < 4.78 is 1.94. The van der Waals surface area contributed by atoms with Crippen LogP contribution in [0.4, 0.5) is 0 Å². The van der Waals surface area contributed by atoms with E-state index in [1.807, 2.05) is 47.9 Å². The number of fused-ring (bicyclic) bond motifs is 1. The Labute approximate surface area is 114 Å². The van der Waals surface area contributed by atoms with E-state index in [1.54, 1.807) is 6.20 Å². The molecule has 0 saturated carbocycles. The van der Waals surface area contributed by atoms with Gasteiger partial charge in [-0.05, 0) is 48.5 Å². The van der Waals surface area contributed by atoms with Crippen molar-refractivity contribution in [2.75, 3.05) is 0 Å². The van der Waals surface area contributed by atoms with Crippen LogP contribution >= 0.6 is 11.8 Å². The first kappa shape index (κ1) is 12.1. The Balaban J connectivity index is 1.95. The Morgan fingerprint density at radius 1 is 1.26 bits per heavy atom. The zero-order valence-corrected chi connectivity index (χ0v) is 11.2. The summed E-state index contributed by atoms with van der Waals surface area (Å²) in [5, 5.41) is 9.95. The average molecular weight is 271 g/mol. The first-order valence-electron chi connectivity index (χ1n) is 5.93. The highest BCUT2D eigenvalue weighted by Crippen LogP contribution is 2.26. The van der Waals surface area contributed by atoms with Crippen molar-refractivity contribution in [3.05, 3.63) is 48.3 Å². The average Bonchev–Trinajstić information content (AvgIpc) is 2.83. The van der Waals surface area contributed by atoms with Gasteiger partial charge in [0.05, 0.1) is 0 Å². The van der Waals surface area contributed by atoms with Gasteiger partial charge in [0.25, 0.3) is 0 Å². The molecule has 6 heteroatoms. The maximum absolute atomic E-state index is 5.88. The second-order valence-corrected chi connectivity index (χ2v) is 5.22. The van der Waals surface area contributed by atoms with Crippen LogP contribution in [0.1, 0.15) is 18.5 Å². The SMILES string of the molecule is C[C@@H](N)c1ccnc(Sc2nnc3ccccn23)c1.